The zero-order valence-electron chi connectivity index (χ0n) is 12.4. The molecule has 0 N–H and O–H groups in total. The lowest BCUT2D eigenvalue weighted by Crippen LogP contribution is -2.69. The average Bonchev–Trinajstić information content (AvgIpc) is 2.63. The maximum atomic E-state index is 14.5. The zero-order chi connectivity index (χ0) is 16.7. The molecule has 3 aromatic rings. The summed E-state index contributed by atoms with van der Waals surface area (Å²) in [5.74, 6) is -1.99. The Morgan fingerprint density at radius 2 is 1.58 bits per heavy atom. The summed E-state index contributed by atoms with van der Waals surface area (Å²) in [5.41, 5.74) is 1.24. The minimum Gasteiger partial charge on any atom is -0.453 e. The van der Waals surface area contributed by atoms with Crippen LogP contribution in [0.25, 0.3) is 11.3 Å². The lowest BCUT2D eigenvalue weighted by molar-refractivity contribution is -1.29. The molecule has 0 saturated carbocycles. The number of pyridine rings is 2. The Labute approximate surface area is 136 Å². The van der Waals surface area contributed by atoms with Crippen LogP contribution in [0.3, 0.4) is 0 Å². The minimum atomic E-state index is -0.714. The van der Waals surface area contributed by atoms with Gasteiger partial charge in [0.05, 0.1) is 14.9 Å². The Hall–Kier alpha value is -3.15. The van der Waals surface area contributed by atoms with Gasteiger partial charge in [-0.1, -0.05) is 0 Å². The van der Waals surface area contributed by atoms with E-state index < -0.39 is 17.6 Å². The number of ether oxygens (including phenoxy) is 1. The second-order valence-electron chi connectivity index (χ2n) is 5.36. The highest BCUT2D eigenvalue weighted by Crippen LogP contribution is 2.27. The lowest BCUT2D eigenvalue weighted by atomic mass is 10.0. The third-order valence-corrected chi connectivity index (χ3v) is 3.87. The van der Waals surface area contributed by atoms with Crippen molar-refractivity contribution in [3.05, 3.63) is 83.8 Å². The molecule has 0 bridgehead atoms. The molecule has 1 aromatic carbocycles. The van der Waals surface area contributed by atoms with Gasteiger partial charge in [0.1, 0.15) is 18.2 Å². The summed E-state index contributed by atoms with van der Waals surface area (Å²) in [4.78, 5) is 12.4. The average molecular weight is 326 g/mol. The van der Waals surface area contributed by atoms with Crippen molar-refractivity contribution >= 4 is 5.97 Å². The van der Waals surface area contributed by atoms with Crippen molar-refractivity contribution < 1.29 is 27.7 Å². The quantitative estimate of drug-likeness (QED) is 0.469. The largest absolute Gasteiger partial charge is 0.453 e. The molecule has 0 radical (unpaired) electrons. The van der Waals surface area contributed by atoms with Gasteiger partial charge in [0.2, 0.25) is 12.4 Å². The molecule has 0 aliphatic carbocycles. The molecule has 0 unspecified atom stereocenters. The summed E-state index contributed by atoms with van der Waals surface area (Å²) in [7, 11) is 0. The number of hydrogen-bond acceptors (Lipinski definition) is 2. The van der Waals surface area contributed by atoms with E-state index in [4.69, 9.17) is 4.74 Å². The Kier molecular flexibility index (Phi) is 3.30. The van der Waals surface area contributed by atoms with Crippen molar-refractivity contribution in [2.45, 2.75) is 6.61 Å². The highest BCUT2D eigenvalue weighted by atomic mass is 19.1. The van der Waals surface area contributed by atoms with Crippen LogP contribution >= 0.6 is 0 Å². The van der Waals surface area contributed by atoms with Crippen molar-refractivity contribution in [1.29, 1.82) is 0 Å². The molecule has 0 fully saturated rings. The van der Waals surface area contributed by atoms with Crippen LogP contribution in [0.15, 0.2) is 60.9 Å². The van der Waals surface area contributed by atoms with Crippen molar-refractivity contribution in [1.82, 2.24) is 0 Å². The van der Waals surface area contributed by atoms with Gasteiger partial charge in [0, 0.05) is 35.9 Å². The number of cyclic esters (lactones) is 1. The van der Waals surface area contributed by atoms with Crippen LogP contribution in [0.5, 0.6) is 0 Å². The number of carbonyl (C=O) groups is 1. The Balaban J connectivity index is 2.10. The van der Waals surface area contributed by atoms with Crippen molar-refractivity contribution in [2.75, 3.05) is 0 Å². The molecule has 1 aliphatic rings. The van der Waals surface area contributed by atoms with E-state index in [0.717, 1.165) is 6.07 Å². The van der Waals surface area contributed by atoms with E-state index in [-0.39, 0.29) is 23.4 Å². The lowest BCUT2D eigenvalue weighted by Gasteiger charge is -2.06. The molecule has 2 aromatic heterocycles. The van der Waals surface area contributed by atoms with Gasteiger partial charge in [-0.2, -0.15) is 0 Å². The van der Waals surface area contributed by atoms with Crippen LogP contribution in [-0.2, 0) is 11.3 Å². The third kappa shape index (κ3) is 2.23. The van der Waals surface area contributed by atoms with Crippen molar-refractivity contribution in [3.63, 3.8) is 0 Å². The first-order valence-corrected chi connectivity index (χ1v) is 7.32. The zero-order valence-corrected chi connectivity index (χ0v) is 12.4. The predicted octanol–water partition coefficient (Wildman–Crippen LogP) is 2.19. The van der Waals surface area contributed by atoms with Gasteiger partial charge in [-0.3, -0.25) is 0 Å². The van der Waals surface area contributed by atoms with Crippen LogP contribution in [-0.4, -0.2) is 5.97 Å². The van der Waals surface area contributed by atoms with Crippen molar-refractivity contribution in [3.8, 4) is 11.3 Å². The molecule has 3 heterocycles. The maximum Gasteiger partial charge on any atom is 0.411 e. The number of esters is 1. The van der Waals surface area contributed by atoms with E-state index in [1.807, 2.05) is 0 Å². The third-order valence-electron chi connectivity index (χ3n) is 3.87. The second-order valence-corrected chi connectivity index (χ2v) is 5.36. The summed E-state index contributed by atoms with van der Waals surface area (Å²) >= 11 is 0. The molecule has 0 atom stereocenters. The molecule has 0 saturated heterocycles. The number of nitrogens with zero attached hydrogens (tertiary/aromatic N) is 2. The number of benzene rings is 1. The molecule has 6 heteroatoms. The fourth-order valence-corrected chi connectivity index (χ4v) is 2.85. The number of halogens is 2. The van der Waals surface area contributed by atoms with E-state index >= 15 is 0 Å². The SMILES string of the molecule is O=C1OCc2cc(F)cc(F)c2-c2cccc[n+]2-[n+]2ccccc21. The van der Waals surface area contributed by atoms with Gasteiger partial charge < -0.3 is 4.74 Å². The first kappa shape index (κ1) is 14.4. The maximum absolute atomic E-state index is 14.5. The second kappa shape index (κ2) is 5.49. The monoisotopic (exact) mass is 326 g/mol. The standard InChI is InChI=1S/C18H12F2N2O2/c19-13-9-12-11-24-18(23)16-6-2-4-8-22(16)21-7-3-1-5-15(21)17(12)14(20)10-13/h1-10H,11H2/q+2. The fraction of sp³-hybridized carbons (Fsp3) is 0.0556. The Bertz CT molecular complexity index is 973. The van der Waals surface area contributed by atoms with E-state index in [1.165, 1.54) is 6.07 Å². The number of fused-ring (bicyclic) bond motifs is 5. The predicted molar refractivity (Wildman–Crippen MR) is 78.5 cm³/mol. The number of aromatic nitrogens is 2. The molecular weight excluding hydrogens is 314 g/mol. The van der Waals surface area contributed by atoms with E-state index in [0.29, 0.717) is 5.69 Å². The molecule has 24 heavy (non-hydrogen) atoms. The summed E-state index contributed by atoms with van der Waals surface area (Å²) in [6.07, 6.45) is 3.37. The molecular formula is C18H12F2N2O2+2. The van der Waals surface area contributed by atoms with Crippen LogP contribution in [0.1, 0.15) is 16.1 Å². The molecule has 0 spiro atoms. The van der Waals surface area contributed by atoms with E-state index in [1.54, 1.807) is 58.1 Å². The molecule has 4 nitrogen and oxygen atoms in total. The van der Waals surface area contributed by atoms with Gasteiger partial charge in [-0.25, -0.2) is 13.6 Å². The van der Waals surface area contributed by atoms with Gasteiger partial charge in [0.15, 0.2) is 0 Å². The van der Waals surface area contributed by atoms with Gasteiger partial charge in [-0.05, 0) is 18.2 Å². The molecule has 118 valence electrons. The topological polar surface area (TPSA) is 34.1 Å². The summed E-state index contributed by atoms with van der Waals surface area (Å²) in [6, 6.07) is 12.3. The fourth-order valence-electron chi connectivity index (χ4n) is 2.85. The molecule has 0 amide bonds. The summed E-state index contributed by atoms with van der Waals surface area (Å²) in [6.45, 7) is -0.216. The van der Waals surface area contributed by atoms with Gasteiger partial charge in [-0.15, -0.1) is 0 Å². The highest BCUT2D eigenvalue weighted by Gasteiger charge is 2.34. The number of rotatable bonds is 0. The highest BCUT2D eigenvalue weighted by molar-refractivity contribution is 5.85. The Morgan fingerprint density at radius 3 is 2.33 bits per heavy atom. The Morgan fingerprint density at radius 1 is 0.917 bits per heavy atom. The number of carbonyl (C=O) groups excluding carboxylic acids is 1. The van der Waals surface area contributed by atoms with Gasteiger partial charge in [0.25, 0.3) is 5.69 Å². The number of hydrogen-bond donors (Lipinski definition) is 0. The normalized spacial score (nSPS) is 12.8. The molecule has 1 aliphatic heterocycles. The van der Waals surface area contributed by atoms with E-state index in [9.17, 15) is 13.6 Å². The minimum absolute atomic E-state index is 0.203. The smallest absolute Gasteiger partial charge is 0.411 e. The van der Waals surface area contributed by atoms with Crippen LogP contribution in [0, 0.1) is 11.6 Å². The molecule has 4 rings (SSSR count). The van der Waals surface area contributed by atoms with Gasteiger partial charge >= 0.3 is 11.7 Å². The van der Waals surface area contributed by atoms with Crippen LogP contribution in [0.4, 0.5) is 8.78 Å². The van der Waals surface area contributed by atoms with Crippen LogP contribution in [0.2, 0.25) is 0 Å². The van der Waals surface area contributed by atoms with Crippen molar-refractivity contribution in [2.24, 2.45) is 0 Å². The summed E-state index contributed by atoms with van der Waals surface area (Å²) < 4.78 is 36.6. The van der Waals surface area contributed by atoms with E-state index in [2.05, 4.69) is 0 Å². The van der Waals surface area contributed by atoms with Crippen LogP contribution < -0.4 is 9.35 Å². The summed E-state index contributed by atoms with van der Waals surface area (Å²) in [5, 5.41) is 0. The first-order valence-electron chi connectivity index (χ1n) is 7.32. The first-order chi connectivity index (χ1) is 11.6.